The van der Waals surface area contributed by atoms with Crippen LogP contribution >= 0.6 is 0 Å². The molecule has 0 saturated heterocycles. The minimum atomic E-state index is 0.220. The maximum absolute atomic E-state index is 9.43. The fourth-order valence-electron chi connectivity index (χ4n) is 2.95. The third kappa shape index (κ3) is 1.03. The highest BCUT2D eigenvalue weighted by atomic mass is 16.3. The summed E-state index contributed by atoms with van der Waals surface area (Å²) < 4.78 is 0. The van der Waals surface area contributed by atoms with Crippen molar-refractivity contribution in [2.24, 2.45) is 11.3 Å². The Hall–Kier alpha value is -0.300. The first-order valence-electron chi connectivity index (χ1n) is 5.10. The molecule has 2 atom stereocenters. The maximum atomic E-state index is 9.43. The molecule has 0 spiro atoms. The molecule has 0 aliphatic heterocycles. The highest BCUT2D eigenvalue weighted by Crippen LogP contribution is 2.51. The number of fused-ring (bicyclic) bond motifs is 1. The van der Waals surface area contributed by atoms with Crippen LogP contribution in [0.25, 0.3) is 0 Å². The summed E-state index contributed by atoms with van der Waals surface area (Å²) in [5.41, 5.74) is 1.79. The fourth-order valence-corrected chi connectivity index (χ4v) is 2.95. The summed E-state index contributed by atoms with van der Waals surface area (Å²) in [5, 5.41) is 9.43. The molecule has 68 valence electrons. The van der Waals surface area contributed by atoms with E-state index in [1.54, 1.807) is 5.57 Å². The highest BCUT2D eigenvalue weighted by Gasteiger charge is 2.42. The number of rotatable bonds is 1. The van der Waals surface area contributed by atoms with Crippen LogP contribution in [-0.4, -0.2) is 11.7 Å². The Bertz CT molecular complexity index is 207. The molecule has 2 aliphatic carbocycles. The van der Waals surface area contributed by atoms with Gasteiger partial charge in [0.1, 0.15) is 0 Å². The van der Waals surface area contributed by atoms with E-state index in [2.05, 4.69) is 13.0 Å². The van der Waals surface area contributed by atoms with Gasteiger partial charge in [0.25, 0.3) is 0 Å². The second-order valence-corrected chi connectivity index (χ2v) is 4.43. The van der Waals surface area contributed by atoms with Crippen molar-refractivity contribution in [3.63, 3.8) is 0 Å². The van der Waals surface area contributed by atoms with E-state index in [4.69, 9.17) is 0 Å². The predicted molar refractivity (Wildman–Crippen MR) is 49.9 cm³/mol. The van der Waals surface area contributed by atoms with Gasteiger partial charge in [-0.3, -0.25) is 0 Å². The van der Waals surface area contributed by atoms with E-state index >= 15 is 0 Å². The molecule has 12 heavy (non-hydrogen) atoms. The summed E-state index contributed by atoms with van der Waals surface area (Å²) >= 11 is 0. The molecular weight excluding hydrogens is 148 g/mol. The van der Waals surface area contributed by atoms with Gasteiger partial charge < -0.3 is 5.11 Å². The third-order valence-electron chi connectivity index (χ3n) is 3.73. The maximum Gasteiger partial charge on any atom is 0.0524 e. The van der Waals surface area contributed by atoms with Crippen LogP contribution in [0.4, 0.5) is 0 Å². The molecule has 0 aromatic carbocycles. The summed E-state index contributed by atoms with van der Waals surface area (Å²) in [6.45, 7) is 2.68. The molecule has 2 rings (SSSR count). The van der Waals surface area contributed by atoms with Crippen LogP contribution in [0.3, 0.4) is 0 Å². The Kier molecular flexibility index (Phi) is 1.99. The van der Waals surface area contributed by atoms with Gasteiger partial charge in [0.15, 0.2) is 0 Å². The lowest BCUT2D eigenvalue weighted by atomic mass is 9.74. The Morgan fingerprint density at radius 3 is 3.08 bits per heavy atom. The quantitative estimate of drug-likeness (QED) is 0.593. The SMILES string of the molecule is CC1CCC2(CO)CCCC=C12. The van der Waals surface area contributed by atoms with Crippen molar-refractivity contribution in [1.29, 1.82) is 0 Å². The summed E-state index contributed by atoms with van der Waals surface area (Å²) in [5.74, 6) is 0.734. The van der Waals surface area contributed by atoms with Gasteiger partial charge >= 0.3 is 0 Å². The van der Waals surface area contributed by atoms with Gasteiger partial charge in [0, 0.05) is 5.41 Å². The molecule has 0 aromatic heterocycles. The van der Waals surface area contributed by atoms with E-state index in [0.717, 1.165) is 5.92 Å². The topological polar surface area (TPSA) is 20.2 Å². The van der Waals surface area contributed by atoms with Gasteiger partial charge in [0.05, 0.1) is 6.61 Å². The zero-order chi connectivity index (χ0) is 8.60. The lowest BCUT2D eigenvalue weighted by Crippen LogP contribution is -2.26. The average molecular weight is 166 g/mol. The van der Waals surface area contributed by atoms with Crippen LogP contribution in [0.5, 0.6) is 0 Å². The lowest BCUT2D eigenvalue weighted by Gasteiger charge is -2.33. The van der Waals surface area contributed by atoms with Crippen LogP contribution in [0.1, 0.15) is 39.0 Å². The van der Waals surface area contributed by atoms with Crippen LogP contribution in [-0.2, 0) is 0 Å². The van der Waals surface area contributed by atoms with E-state index < -0.39 is 0 Å². The van der Waals surface area contributed by atoms with Crippen LogP contribution in [0.2, 0.25) is 0 Å². The van der Waals surface area contributed by atoms with Gasteiger partial charge in [-0.1, -0.05) is 18.6 Å². The van der Waals surface area contributed by atoms with Gasteiger partial charge in [0.2, 0.25) is 0 Å². The smallest absolute Gasteiger partial charge is 0.0524 e. The summed E-state index contributed by atoms with van der Waals surface area (Å²) in [7, 11) is 0. The second kappa shape index (κ2) is 2.88. The number of aliphatic hydroxyl groups is 1. The van der Waals surface area contributed by atoms with E-state index in [1.807, 2.05) is 0 Å². The number of allylic oxidation sites excluding steroid dienone is 1. The molecule has 1 heteroatoms. The fraction of sp³-hybridized carbons (Fsp3) is 0.818. The zero-order valence-corrected chi connectivity index (χ0v) is 7.84. The molecule has 1 fully saturated rings. The average Bonchev–Trinajstić information content (AvgIpc) is 2.46. The largest absolute Gasteiger partial charge is 0.395 e. The van der Waals surface area contributed by atoms with Crippen molar-refractivity contribution in [1.82, 2.24) is 0 Å². The Labute approximate surface area is 74.5 Å². The van der Waals surface area contributed by atoms with Gasteiger partial charge in [-0.15, -0.1) is 0 Å². The molecular formula is C11H18O. The minimum Gasteiger partial charge on any atom is -0.395 e. The molecule has 1 saturated carbocycles. The number of hydrogen-bond donors (Lipinski definition) is 1. The van der Waals surface area contributed by atoms with Gasteiger partial charge in [-0.2, -0.15) is 0 Å². The molecule has 2 aliphatic rings. The first-order chi connectivity index (χ1) is 5.78. The second-order valence-electron chi connectivity index (χ2n) is 4.43. The number of aliphatic hydroxyl groups excluding tert-OH is 1. The summed E-state index contributed by atoms with van der Waals surface area (Å²) in [6.07, 6.45) is 8.62. The highest BCUT2D eigenvalue weighted by molar-refractivity contribution is 5.24. The molecule has 0 radical (unpaired) electrons. The van der Waals surface area contributed by atoms with Crippen LogP contribution in [0.15, 0.2) is 11.6 Å². The van der Waals surface area contributed by atoms with E-state index in [1.165, 1.54) is 32.1 Å². The molecule has 1 nitrogen and oxygen atoms in total. The van der Waals surface area contributed by atoms with Crippen molar-refractivity contribution in [3.8, 4) is 0 Å². The van der Waals surface area contributed by atoms with Crippen molar-refractivity contribution in [2.75, 3.05) is 6.61 Å². The van der Waals surface area contributed by atoms with E-state index in [0.29, 0.717) is 6.61 Å². The molecule has 2 unspecified atom stereocenters. The van der Waals surface area contributed by atoms with Crippen molar-refractivity contribution >= 4 is 0 Å². The van der Waals surface area contributed by atoms with Gasteiger partial charge in [-0.25, -0.2) is 0 Å². The van der Waals surface area contributed by atoms with Crippen LogP contribution in [0, 0.1) is 11.3 Å². The Morgan fingerprint density at radius 2 is 2.42 bits per heavy atom. The molecule has 0 aromatic rings. The molecule has 1 N–H and O–H groups in total. The van der Waals surface area contributed by atoms with Crippen molar-refractivity contribution in [2.45, 2.75) is 39.0 Å². The minimum absolute atomic E-state index is 0.220. The Balaban J connectivity index is 2.30. The van der Waals surface area contributed by atoms with Crippen molar-refractivity contribution < 1.29 is 5.11 Å². The third-order valence-corrected chi connectivity index (χ3v) is 3.73. The standard InChI is InChI=1S/C11H18O/c1-9-5-7-11(8-12)6-3-2-4-10(9)11/h4,9,12H,2-3,5-8H2,1H3. The first-order valence-corrected chi connectivity index (χ1v) is 5.10. The predicted octanol–water partition coefficient (Wildman–Crippen LogP) is 2.51. The first kappa shape index (κ1) is 8.31. The lowest BCUT2D eigenvalue weighted by molar-refractivity contribution is 0.146. The monoisotopic (exact) mass is 166 g/mol. The molecule has 0 amide bonds. The summed E-state index contributed by atoms with van der Waals surface area (Å²) in [6, 6.07) is 0. The molecule has 0 heterocycles. The number of hydrogen-bond acceptors (Lipinski definition) is 1. The van der Waals surface area contributed by atoms with Crippen molar-refractivity contribution in [3.05, 3.63) is 11.6 Å². The van der Waals surface area contributed by atoms with E-state index in [9.17, 15) is 5.11 Å². The van der Waals surface area contributed by atoms with E-state index in [-0.39, 0.29) is 5.41 Å². The Morgan fingerprint density at radius 1 is 1.58 bits per heavy atom. The van der Waals surface area contributed by atoms with Crippen LogP contribution < -0.4 is 0 Å². The van der Waals surface area contributed by atoms with Gasteiger partial charge in [-0.05, 0) is 38.0 Å². The normalized spacial score (nSPS) is 40.8. The molecule has 0 bridgehead atoms. The summed E-state index contributed by atoms with van der Waals surface area (Å²) in [4.78, 5) is 0. The zero-order valence-electron chi connectivity index (χ0n) is 7.84.